The lowest BCUT2D eigenvalue weighted by atomic mass is 11.3. The van der Waals surface area contributed by atoms with Crippen LogP contribution in [0.1, 0.15) is 0 Å². The highest BCUT2D eigenvalue weighted by atomic mass is 17.0. The fourth-order valence-electron chi connectivity index (χ4n) is 0.213. The van der Waals surface area contributed by atoms with E-state index in [9.17, 15) is 5.21 Å². The topological polar surface area (TPSA) is 50.8 Å². The van der Waals surface area contributed by atoms with Crippen LogP contribution >= 0.6 is 0 Å². The van der Waals surface area contributed by atoms with E-state index >= 15 is 0 Å². The summed E-state index contributed by atoms with van der Waals surface area (Å²) in [6, 6.07) is 0. The van der Waals surface area contributed by atoms with Crippen LogP contribution in [0, 0.1) is 5.21 Å². The van der Waals surface area contributed by atoms with Crippen molar-refractivity contribution in [3.8, 4) is 0 Å². The van der Waals surface area contributed by atoms with Gasteiger partial charge in [-0.25, -0.2) is 15.6 Å². The van der Waals surface area contributed by atoms with E-state index in [-0.39, 0.29) is 0 Å². The summed E-state index contributed by atoms with van der Waals surface area (Å²) >= 11 is 0. The quantitative estimate of drug-likeness (QED) is 0.500. The lowest BCUT2D eigenvalue weighted by molar-refractivity contribution is -0.303. The van der Waals surface area contributed by atoms with E-state index < -0.39 is 0 Å². The van der Waals surface area contributed by atoms with Gasteiger partial charge in [0.15, 0.2) is 0 Å². The van der Waals surface area contributed by atoms with Crippen molar-refractivity contribution in [3.05, 3.63) is 5.21 Å². The Morgan fingerprint density at radius 3 is 2.12 bits per heavy atom. The van der Waals surface area contributed by atoms with E-state index in [2.05, 4.69) is 10.4 Å². The number of hydroxylamine groups is 3. The maximum atomic E-state index is 10.0. The van der Waals surface area contributed by atoms with Gasteiger partial charge in [-0.3, -0.25) is 0 Å². The molecule has 50 valence electrons. The summed E-state index contributed by atoms with van der Waals surface area (Å²) in [6.45, 7) is 0. The monoisotopic (exact) mass is 120 g/mol. The molecule has 0 amide bonds. The second-order valence-electron chi connectivity index (χ2n) is 1.24. The highest BCUT2D eigenvalue weighted by Crippen LogP contribution is 1.80. The Kier molecular flexibility index (Phi) is 3.67. The summed E-state index contributed by atoms with van der Waals surface area (Å²) in [5.74, 6) is 0. The minimum atomic E-state index is 0.344. The van der Waals surface area contributed by atoms with Gasteiger partial charge in [-0.05, 0) is 0 Å². The second-order valence-corrected chi connectivity index (χ2v) is 1.24. The molecule has 0 saturated heterocycles. The first-order chi connectivity index (χ1) is 3.66. The zero-order valence-corrected chi connectivity index (χ0v) is 5.21. The Morgan fingerprint density at radius 2 is 2.00 bits per heavy atom. The molecule has 1 N–H and O–H groups in total. The number of nitrogens with zero attached hydrogens (tertiary/aromatic N) is 2. The molecule has 0 aliphatic rings. The SMILES string of the molecule is CNN(C)ON(C)[O-]. The van der Waals surface area contributed by atoms with Crippen molar-refractivity contribution in [1.82, 2.24) is 15.8 Å². The van der Waals surface area contributed by atoms with E-state index in [1.165, 1.54) is 12.2 Å². The predicted octanol–water partition coefficient (Wildman–Crippen LogP) is -0.671. The molecular formula is C3H10N3O2-. The van der Waals surface area contributed by atoms with Crippen LogP contribution in [0.5, 0.6) is 0 Å². The largest absolute Gasteiger partial charge is 0.761 e. The van der Waals surface area contributed by atoms with Gasteiger partial charge < -0.3 is 5.21 Å². The van der Waals surface area contributed by atoms with Crippen LogP contribution in [-0.2, 0) is 4.94 Å². The van der Waals surface area contributed by atoms with Crippen LogP contribution in [0.4, 0.5) is 0 Å². The molecule has 5 nitrogen and oxygen atoms in total. The van der Waals surface area contributed by atoms with Crippen molar-refractivity contribution in [2.24, 2.45) is 0 Å². The summed E-state index contributed by atoms with van der Waals surface area (Å²) in [7, 11) is 4.48. The summed E-state index contributed by atoms with van der Waals surface area (Å²) in [5.41, 5.74) is 2.57. The molecule has 0 aliphatic heterocycles. The Morgan fingerprint density at radius 1 is 1.50 bits per heavy atom. The van der Waals surface area contributed by atoms with Crippen LogP contribution in [0.15, 0.2) is 0 Å². The molecule has 0 spiro atoms. The third kappa shape index (κ3) is 3.97. The van der Waals surface area contributed by atoms with Gasteiger partial charge >= 0.3 is 0 Å². The third-order valence-corrected chi connectivity index (χ3v) is 0.552. The first kappa shape index (κ1) is 7.80. The van der Waals surface area contributed by atoms with Crippen molar-refractivity contribution in [2.45, 2.75) is 0 Å². The maximum absolute atomic E-state index is 10.0. The first-order valence-corrected chi connectivity index (χ1v) is 2.17. The molecule has 5 heteroatoms. The van der Waals surface area contributed by atoms with Crippen LogP contribution < -0.4 is 5.43 Å². The summed E-state index contributed by atoms with van der Waals surface area (Å²) in [5, 5.41) is 11.6. The average Bonchev–Trinajstić information content (AvgIpc) is 1.65. The molecule has 0 rings (SSSR count). The minimum absolute atomic E-state index is 0.344. The Balaban J connectivity index is 3.10. The smallest absolute Gasteiger partial charge is 0.0307 e. The fourth-order valence-corrected chi connectivity index (χ4v) is 0.213. The number of hydrazine groups is 1. The van der Waals surface area contributed by atoms with Gasteiger partial charge in [-0.2, -0.15) is 0 Å². The zero-order chi connectivity index (χ0) is 6.57. The number of nitrogens with one attached hydrogen (secondary N) is 1. The standard InChI is InChI=1S/C3H10N3O2/c1-4-5(2)8-6(3)7/h4H,1-3H3/q-1. The molecule has 8 heavy (non-hydrogen) atoms. The molecule has 0 aromatic carbocycles. The average molecular weight is 120 g/mol. The van der Waals surface area contributed by atoms with E-state index in [1.54, 1.807) is 14.1 Å². The van der Waals surface area contributed by atoms with E-state index in [1.807, 2.05) is 0 Å². The summed E-state index contributed by atoms with van der Waals surface area (Å²) in [4.78, 5) is 4.40. The Bertz CT molecular complexity index is 58.5. The molecule has 0 heterocycles. The predicted molar refractivity (Wildman–Crippen MR) is 29.0 cm³/mol. The van der Waals surface area contributed by atoms with Crippen LogP contribution in [0.25, 0.3) is 0 Å². The number of hydrogen-bond acceptors (Lipinski definition) is 5. The van der Waals surface area contributed by atoms with Crippen molar-refractivity contribution in [1.29, 1.82) is 0 Å². The molecule has 0 unspecified atom stereocenters. The highest BCUT2D eigenvalue weighted by molar-refractivity contribution is 4.21. The molecule has 0 atom stereocenters. The van der Waals surface area contributed by atoms with Gasteiger partial charge in [-0.15, -0.1) is 5.17 Å². The van der Waals surface area contributed by atoms with Gasteiger partial charge in [0.25, 0.3) is 0 Å². The molecule has 0 radical (unpaired) electrons. The summed E-state index contributed by atoms with van der Waals surface area (Å²) in [6.07, 6.45) is 0. The van der Waals surface area contributed by atoms with Crippen molar-refractivity contribution < 1.29 is 4.94 Å². The molecular weight excluding hydrogens is 110 g/mol. The van der Waals surface area contributed by atoms with Gasteiger partial charge in [0.05, 0.1) is 0 Å². The van der Waals surface area contributed by atoms with Crippen molar-refractivity contribution in [3.63, 3.8) is 0 Å². The molecule has 0 bridgehead atoms. The normalized spacial score (nSPS) is 11.2. The van der Waals surface area contributed by atoms with Crippen LogP contribution in [-0.4, -0.2) is 31.5 Å². The molecule has 0 saturated carbocycles. The third-order valence-electron chi connectivity index (χ3n) is 0.552. The van der Waals surface area contributed by atoms with Gasteiger partial charge in [0, 0.05) is 21.1 Å². The first-order valence-electron chi connectivity index (χ1n) is 2.17. The Hall–Kier alpha value is -0.200. The van der Waals surface area contributed by atoms with Gasteiger partial charge in [-0.1, -0.05) is 0 Å². The highest BCUT2D eigenvalue weighted by Gasteiger charge is 1.88. The van der Waals surface area contributed by atoms with E-state index in [0.717, 1.165) is 0 Å². The van der Waals surface area contributed by atoms with Gasteiger partial charge in [0.1, 0.15) is 0 Å². The van der Waals surface area contributed by atoms with Crippen LogP contribution in [0.3, 0.4) is 0 Å². The van der Waals surface area contributed by atoms with Gasteiger partial charge in [0.2, 0.25) is 0 Å². The molecule has 0 aliphatic carbocycles. The van der Waals surface area contributed by atoms with E-state index in [0.29, 0.717) is 5.23 Å². The molecule has 0 fully saturated rings. The number of rotatable bonds is 3. The number of hydrogen-bond donors (Lipinski definition) is 1. The van der Waals surface area contributed by atoms with E-state index in [4.69, 9.17) is 0 Å². The Labute approximate surface area is 48.3 Å². The second kappa shape index (κ2) is 3.76. The molecule has 0 aromatic heterocycles. The lowest BCUT2D eigenvalue weighted by Gasteiger charge is -2.25. The van der Waals surface area contributed by atoms with Crippen molar-refractivity contribution >= 4 is 0 Å². The maximum Gasteiger partial charge on any atom is 0.0307 e. The fraction of sp³-hybridized carbons (Fsp3) is 1.00. The minimum Gasteiger partial charge on any atom is -0.761 e. The van der Waals surface area contributed by atoms with Crippen molar-refractivity contribution in [2.75, 3.05) is 21.1 Å². The summed E-state index contributed by atoms with van der Waals surface area (Å²) < 4.78 is 0. The van der Waals surface area contributed by atoms with Crippen LogP contribution in [0.2, 0.25) is 0 Å². The lowest BCUT2D eigenvalue weighted by Crippen LogP contribution is -2.35. The zero-order valence-electron chi connectivity index (χ0n) is 5.21. The molecule has 0 aromatic rings.